The van der Waals surface area contributed by atoms with Gasteiger partial charge in [0, 0.05) is 6.20 Å². The van der Waals surface area contributed by atoms with Crippen LogP contribution in [-0.2, 0) is 0 Å². The molecule has 0 radical (unpaired) electrons. The van der Waals surface area contributed by atoms with Crippen LogP contribution in [0, 0.1) is 0 Å². The van der Waals surface area contributed by atoms with Crippen molar-refractivity contribution < 1.29 is 4.74 Å². The molecule has 0 spiro atoms. The van der Waals surface area contributed by atoms with Crippen LogP contribution in [0.15, 0.2) is 12.3 Å². The molecule has 0 bridgehead atoms. The lowest BCUT2D eigenvalue weighted by Gasteiger charge is -2.03. The Bertz CT molecular complexity index is 252. The minimum absolute atomic E-state index is 0.442. The molecule has 0 aliphatic carbocycles. The van der Waals surface area contributed by atoms with Crippen LogP contribution in [0.1, 0.15) is 6.92 Å². The van der Waals surface area contributed by atoms with E-state index in [-0.39, 0.29) is 0 Å². The summed E-state index contributed by atoms with van der Waals surface area (Å²) in [6, 6.07) is 1.61. The highest BCUT2D eigenvalue weighted by Gasteiger charge is 2.00. The first-order valence-electron chi connectivity index (χ1n) is 3.28. The predicted molar refractivity (Wildman–Crippen MR) is 44.8 cm³/mol. The molecule has 11 heavy (non-hydrogen) atoms. The molecule has 1 aromatic rings. The summed E-state index contributed by atoms with van der Waals surface area (Å²) in [5.74, 6) is 0.442. The van der Waals surface area contributed by atoms with Gasteiger partial charge in [0.15, 0.2) is 0 Å². The fourth-order valence-corrected chi connectivity index (χ4v) is 0.866. The molecule has 0 aliphatic heterocycles. The van der Waals surface area contributed by atoms with Gasteiger partial charge in [0.1, 0.15) is 0 Å². The van der Waals surface area contributed by atoms with Crippen molar-refractivity contribution in [2.24, 2.45) is 0 Å². The van der Waals surface area contributed by atoms with E-state index >= 15 is 0 Å². The van der Waals surface area contributed by atoms with Crippen LogP contribution in [0.4, 0.5) is 5.69 Å². The first kappa shape index (κ1) is 8.14. The Hall–Kier alpha value is -0.960. The topological polar surface area (TPSA) is 48.1 Å². The summed E-state index contributed by atoms with van der Waals surface area (Å²) in [7, 11) is 0. The number of rotatable bonds is 2. The summed E-state index contributed by atoms with van der Waals surface area (Å²) in [4.78, 5) is 3.89. The first-order chi connectivity index (χ1) is 5.24. The van der Waals surface area contributed by atoms with Crippen LogP contribution in [-0.4, -0.2) is 11.6 Å². The summed E-state index contributed by atoms with van der Waals surface area (Å²) in [5, 5.41) is 0.519. The smallest absolute Gasteiger partial charge is 0.237 e. The van der Waals surface area contributed by atoms with Gasteiger partial charge in [-0.3, -0.25) is 0 Å². The molecule has 2 N–H and O–H groups in total. The SMILES string of the molecule is CCOc1ncc(Cl)cc1N. The van der Waals surface area contributed by atoms with Gasteiger partial charge in [0.25, 0.3) is 0 Å². The van der Waals surface area contributed by atoms with Crippen LogP contribution in [0.5, 0.6) is 5.88 Å². The van der Waals surface area contributed by atoms with Gasteiger partial charge >= 0.3 is 0 Å². The van der Waals surface area contributed by atoms with E-state index < -0.39 is 0 Å². The maximum absolute atomic E-state index is 5.62. The van der Waals surface area contributed by atoms with E-state index in [2.05, 4.69) is 4.98 Å². The molecule has 1 heterocycles. The van der Waals surface area contributed by atoms with Crippen molar-refractivity contribution in [3.05, 3.63) is 17.3 Å². The summed E-state index contributed by atoms with van der Waals surface area (Å²) in [6.07, 6.45) is 1.50. The molecule has 1 rings (SSSR count). The van der Waals surface area contributed by atoms with Gasteiger partial charge < -0.3 is 10.5 Å². The molecule has 3 nitrogen and oxygen atoms in total. The average Bonchev–Trinajstić information content (AvgIpc) is 1.95. The number of ether oxygens (including phenoxy) is 1. The van der Waals surface area contributed by atoms with Crippen LogP contribution < -0.4 is 10.5 Å². The summed E-state index contributed by atoms with van der Waals surface area (Å²) in [6.45, 7) is 2.43. The molecule has 0 aromatic carbocycles. The van der Waals surface area contributed by atoms with Crippen LogP contribution >= 0.6 is 11.6 Å². The fraction of sp³-hybridized carbons (Fsp3) is 0.286. The van der Waals surface area contributed by atoms with Crippen molar-refractivity contribution in [2.45, 2.75) is 6.92 Å². The van der Waals surface area contributed by atoms with Crippen molar-refractivity contribution in [1.82, 2.24) is 4.98 Å². The second-order valence-electron chi connectivity index (χ2n) is 1.98. The number of hydrogen-bond donors (Lipinski definition) is 1. The molecule has 0 fully saturated rings. The summed E-state index contributed by atoms with van der Waals surface area (Å²) < 4.78 is 5.10. The Balaban J connectivity index is 2.90. The lowest BCUT2D eigenvalue weighted by atomic mass is 10.4. The third-order valence-electron chi connectivity index (χ3n) is 1.13. The van der Waals surface area contributed by atoms with Gasteiger partial charge in [-0.2, -0.15) is 0 Å². The summed E-state index contributed by atoms with van der Waals surface area (Å²) >= 11 is 5.62. The van der Waals surface area contributed by atoms with Crippen LogP contribution in [0.25, 0.3) is 0 Å². The molecule has 1 aromatic heterocycles. The second-order valence-corrected chi connectivity index (χ2v) is 2.42. The van der Waals surface area contributed by atoms with E-state index in [1.54, 1.807) is 6.07 Å². The quantitative estimate of drug-likeness (QED) is 0.739. The van der Waals surface area contributed by atoms with Crippen LogP contribution in [0.3, 0.4) is 0 Å². The Morgan fingerprint density at radius 2 is 2.45 bits per heavy atom. The maximum atomic E-state index is 5.62. The number of anilines is 1. The molecule has 60 valence electrons. The summed E-state index contributed by atoms with van der Waals surface area (Å²) in [5.41, 5.74) is 6.01. The maximum Gasteiger partial charge on any atom is 0.237 e. The molecule has 0 unspecified atom stereocenters. The molecule has 0 amide bonds. The van der Waals surface area contributed by atoms with Crippen molar-refractivity contribution in [3.8, 4) is 5.88 Å². The third-order valence-corrected chi connectivity index (χ3v) is 1.33. The highest BCUT2D eigenvalue weighted by molar-refractivity contribution is 6.30. The largest absolute Gasteiger partial charge is 0.477 e. The van der Waals surface area contributed by atoms with Crippen molar-refractivity contribution in [2.75, 3.05) is 12.3 Å². The zero-order chi connectivity index (χ0) is 8.27. The van der Waals surface area contributed by atoms with Crippen LogP contribution in [0.2, 0.25) is 5.02 Å². The van der Waals surface area contributed by atoms with E-state index in [0.717, 1.165) is 0 Å². The first-order valence-corrected chi connectivity index (χ1v) is 3.65. The van der Waals surface area contributed by atoms with E-state index in [1.165, 1.54) is 6.20 Å². The van der Waals surface area contributed by atoms with Crippen molar-refractivity contribution in [3.63, 3.8) is 0 Å². The van der Waals surface area contributed by atoms with Gasteiger partial charge in [-0.25, -0.2) is 4.98 Å². The van der Waals surface area contributed by atoms with Crippen molar-refractivity contribution in [1.29, 1.82) is 0 Å². The highest BCUT2D eigenvalue weighted by atomic mass is 35.5. The van der Waals surface area contributed by atoms with Gasteiger partial charge in [-0.15, -0.1) is 0 Å². The number of pyridine rings is 1. The van der Waals surface area contributed by atoms with Gasteiger partial charge in [0.05, 0.1) is 17.3 Å². The normalized spacial score (nSPS) is 9.64. The van der Waals surface area contributed by atoms with E-state index in [1.807, 2.05) is 6.92 Å². The lowest BCUT2D eigenvalue weighted by Crippen LogP contribution is -1.98. The Kier molecular flexibility index (Phi) is 2.54. The Morgan fingerprint density at radius 3 is 3.00 bits per heavy atom. The van der Waals surface area contributed by atoms with Gasteiger partial charge in [-0.1, -0.05) is 11.6 Å². The standard InChI is InChI=1S/C7H9ClN2O/c1-2-11-7-6(9)3-5(8)4-10-7/h3-4H,2,9H2,1H3. The predicted octanol–water partition coefficient (Wildman–Crippen LogP) is 1.72. The molecule has 0 aliphatic rings. The number of halogens is 1. The molecule has 4 heteroatoms. The Labute approximate surface area is 70.1 Å². The Morgan fingerprint density at radius 1 is 1.73 bits per heavy atom. The van der Waals surface area contributed by atoms with E-state index in [4.69, 9.17) is 22.1 Å². The second kappa shape index (κ2) is 3.44. The number of nitrogen functional groups attached to an aromatic ring is 1. The minimum Gasteiger partial charge on any atom is -0.477 e. The van der Waals surface area contributed by atoms with Gasteiger partial charge in [-0.05, 0) is 13.0 Å². The zero-order valence-corrected chi connectivity index (χ0v) is 6.93. The van der Waals surface area contributed by atoms with E-state index in [9.17, 15) is 0 Å². The minimum atomic E-state index is 0.442. The molecular formula is C7H9ClN2O. The van der Waals surface area contributed by atoms with Crippen molar-refractivity contribution >= 4 is 17.3 Å². The number of hydrogen-bond acceptors (Lipinski definition) is 3. The zero-order valence-electron chi connectivity index (χ0n) is 6.17. The molecule has 0 atom stereocenters. The third kappa shape index (κ3) is 1.98. The lowest BCUT2D eigenvalue weighted by molar-refractivity contribution is 0.329. The molecule has 0 saturated carbocycles. The van der Waals surface area contributed by atoms with E-state index in [0.29, 0.717) is 23.2 Å². The van der Waals surface area contributed by atoms with Gasteiger partial charge in [0.2, 0.25) is 5.88 Å². The monoisotopic (exact) mass is 172 g/mol. The molecular weight excluding hydrogens is 164 g/mol. The number of nitrogens with zero attached hydrogens (tertiary/aromatic N) is 1. The number of nitrogens with two attached hydrogens (primary N) is 1. The number of aromatic nitrogens is 1. The highest BCUT2D eigenvalue weighted by Crippen LogP contribution is 2.20. The molecule has 0 saturated heterocycles. The fourth-order valence-electron chi connectivity index (χ4n) is 0.700. The average molecular weight is 173 g/mol.